The highest BCUT2D eigenvalue weighted by Gasteiger charge is 2.00. The molecule has 0 heterocycles. The first-order chi connectivity index (χ1) is 7.75. The molecule has 0 spiro atoms. The van der Waals surface area contributed by atoms with Gasteiger partial charge in [-0.3, -0.25) is 0 Å². The van der Waals surface area contributed by atoms with Gasteiger partial charge in [0.1, 0.15) is 0 Å². The second-order valence-electron chi connectivity index (χ2n) is 3.55. The van der Waals surface area contributed by atoms with Crippen LogP contribution in [0.15, 0.2) is 48.5 Å². The molecular formula is C14H11Cl2. The van der Waals surface area contributed by atoms with Crippen LogP contribution in [0.2, 0.25) is 10.0 Å². The number of halogens is 2. The largest absolute Gasteiger partial charge is 0.0843 e. The summed E-state index contributed by atoms with van der Waals surface area (Å²) < 4.78 is 0. The van der Waals surface area contributed by atoms with Crippen LogP contribution in [0, 0.1) is 6.42 Å². The van der Waals surface area contributed by atoms with Gasteiger partial charge in [-0.2, -0.15) is 0 Å². The number of hydrogen-bond acceptors (Lipinski definition) is 0. The SMILES string of the molecule is Clc1ccc([CH]Cc2ccccc2Cl)cc1. The van der Waals surface area contributed by atoms with E-state index in [2.05, 4.69) is 6.42 Å². The van der Waals surface area contributed by atoms with E-state index in [0.717, 1.165) is 27.6 Å². The van der Waals surface area contributed by atoms with Crippen molar-refractivity contribution in [2.45, 2.75) is 6.42 Å². The lowest BCUT2D eigenvalue weighted by molar-refractivity contribution is 1.17. The Morgan fingerprint density at radius 3 is 2.25 bits per heavy atom. The van der Waals surface area contributed by atoms with Crippen molar-refractivity contribution in [1.82, 2.24) is 0 Å². The zero-order chi connectivity index (χ0) is 11.4. The Hall–Kier alpha value is -0.980. The van der Waals surface area contributed by atoms with Crippen molar-refractivity contribution in [2.75, 3.05) is 0 Å². The van der Waals surface area contributed by atoms with Crippen LogP contribution in [0.1, 0.15) is 11.1 Å². The van der Waals surface area contributed by atoms with Crippen molar-refractivity contribution in [2.24, 2.45) is 0 Å². The Labute approximate surface area is 106 Å². The molecule has 0 aromatic heterocycles. The van der Waals surface area contributed by atoms with E-state index in [1.807, 2.05) is 48.5 Å². The smallest absolute Gasteiger partial charge is 0.0438 e. The van der Waals surface area contributed by atoms with E-state index in [0.29, 0.717) is 0 Å². The van der Waals surface area contributed by atoms with Crippen molar-refractivity contribution in [1.29, 1.82) is 0 Å². The third-order valence-electron chi connectivity index (χ3n) is 2.39. The minimum Gasteiger partial charge on any atom is -0.0843 e. The van der Waals surface area contributed by atoms with E-state index < -0.39 is 0 Å². The third kappa shape index (κ3) is 3.01. The van der Waals surface area contributed by atoms with Gasteiger partial charge >= 0.3 is 0 Å². The van der Waals surface area contributed by atoms with E-state index in [-0.39, 0.29) is 0 Å². The Bertz CT molecular complexity index is 460. The van der Waals surface area contributed by atoms with Gasteiger partial charge in [0.25, 0.3) is 0 Å². The van der Waals surface area contributed by atoms with Gasteiger partial charge in [0, 0.05) is 10.0 Å². The third-order valence-corrected chi connectivity index (χ3v) is 3.01. The first kappa shape index (κ1) is 11.5. The van der Waals surface area contributed by atoms with Gasteiger partial charge in [0.15, 0.2) is 0 Å². The van der Waals surface area contributed by atoms with Crippen molar-refractivity contribution in [3.63, 3.8) is 0 Å². The quantitative estimate of drug-likeness (QED) is 0.734. The molecule has 0 amide bonds. The predicted octanol–water partition coefficient (Wildman–Crippen LogP) is 4.79. The summed E-state index contributed by atoms with van der Waals surface area (Å²) >= 11 is 11.9. The van der Waals surface area contributed by atoms with Crippen LogP contribution in [0.25, 0.3) is 0 Å². The maximum Gasteiger partial charge on any atom is 0.0438 e. The molecule has 0 aliphatic heterocycles. The van der Waals surface area contributed by atoms with Gasteiger partial charge in [0.2, 0.25) is 0 Å². The van der Waals surface area contributed by atoms with E-state index in [1.54, 1.807) is 0 Å². The van der Waals surface area contributed by atoms with Crippen LogP contribution in [0.4, 0.5) is 0 Å². The van der Waals surface area contributed by atoms with Crippen LogP contribution in [-0.2, 0) is 6.42 Å². The predicted molar refractivity (Wildman–Crippen MR) is 70.0 cm³/mol. The van der Waals surface area contributed by atoms with E-state index in [4.69, 9.17) is 23.2 Å². The monoisotopic (exact) mass is 249 g/mol. The maximum absolute atomic E-state index is 6.07. The minimum atomic E-state index is 0.759. The van der Waals surface area contributed by atoms with Crippen LogP contribution in [-0.4, -0.2) is 0 Å². The maximum atomic E-state index is 6.07. The second-order valence-corrected chi connectivity index (χ2v) is 4.39. The number of benzene rings is 2. The Morgan fingerprint density at radius 1 is 0.875 bits per heavy atom. The lowest BCUT2D eigenvalue weighted by atomic mass is 10.0. The average molecular weight is 250 g/mol. The Morgan fingerprint density at radius 2 is 1.56 bits per heavy atom. The van der Waals surface area contributed by atoms with Gasteiger partial charge in [-0.15, -0.1) is 0 Å². The van der Waals surface area contributed by atoms with Gasteiger partial charge in [-0.25, -0.2) is 0 Å². The summed E-state index contributed by atoms with van der Waals surface area (Å²) in [5.41, 5.74) is 2.29. The molecule has 1 radical (unpaired) electrons. The zero-order valence-corrected chi connectivity index (χ0v) is 10.2. The molecular weight excluding hydrogens is 239 g/mol. The van der Waals surface area contributed by atoms with Gasteiger partial charge < -0.3 is 0 Å². The average Bonchev–Trinajstić information content (AvgIpc) is 2.30. The normalized spacial score (nSPS) is 10.4. The molecule has 2 rings (SSSR count). The molecule has 0 N–H and O–H groups in total. The van der Waals surface area contributed by atoms with Crippen LogP contribution in [0.3, 0.4) is 0 Å². The molecule has 0 aliphatic carbocycles. The van der Waals surface area contributed by atoms with Crippen LogP contribution < -0.4 is 0 Å². The fourth-order valence-corrected chi connectivity index (χ4v) is 1.83. The van der Waals surface area contributed by atoms with Crippen LogP contribution in [0.5, 0.6) is 0 Å². The Balaban J connectivity index is 2.02. The summed E-state index contributed by atoms with van der Waals surface area (Å²) in [6.45, 7) is 0. The van der Waals surface area contributed by atoms with E-state index in [1.165, 1.54) is 0 Å². The lowest BCUT2D eigenvalue weighted by Gasteiger charge is -2.03. The van der Waals surface area contributed by atoms with Crippen molar-refractivity contribution < 1.29 is 0 Å². The van der Waals surface area contributed by atoms with Gasteiger partial charge in [0.05, 0.1) is 0 Å². The fraction of sp³-hybridized carbons (Fsp3) is 0.0714. The summed E-state index contributed by atoms with van der Waals surface area (Å²) in [7, 11) is 0. The molecule has 2 aromatic carbocycles. The lowest BCUT2D eigenvalue weighted by Crippen LogP contribution is -1.89. The first-order valence-electron chi connectivity index (χ1n) is 5.08. The highest BCUT2D eigenvalue weighted by atomic mass is 35.5. The standard InChI is InChI=1S/C14H11Cl2/c15-13-9-6-11(7-10-13)5-8-12-3-1-2-4-14(12)16/h1-7,9-10H,8H2. The van der Waals surface area contributed by atoms with Gasteiger partial charge in [-0.05, 0) is 42.2 Å². The molecule has 0 unspecified atom stereocenters. The molecule has 0 aliphatic rings. The fourth-order valence-electron chi connectivity index (χ4n) is 1.49. The second kappa shape index (κ2) is 5.38. The summed E-state index contributed by atoms with van der Waals surface area (Å²) in [5, 5.41) is 1.57. The van der Waals surface area contributed by atoms with Crippen LogP contribution >= 0.6 is 23.2 Å². The van der Waals surface area contributed by atoms with E-state index >= 15 is 0 Å². The van der Waals surface area contributed by atoms with Crippen molar-refractivity contribution in [3.05, 3.63) is 76.1 Å². The molecule has 0 saturated heterocycles. The molecule has 2 aromatic rings. The molecule has 0 fully saturated rings. The number of hydrogen-bond donors (Lipinski definition) is 0. The molecule has 0 bridgehead atoms. The van der Waals surface area contributed by atoms with E-state index in [9.17, 15) is 0 Å². The van der Waals surface area contributed by atoms with Crippen molar-refractivity contribution >= 4 is 23.2 Å². The molecule has 16 heavy (non-hydrogen) atoms. The minimum absolute atomic E-state index is 0.759. The first-order valence-corrected chi connectivity index (χ1v) is 5.83. The molecule has 0 saturated carbocycles. The van der Waals surface area contributed by atoms with Gasteiger partial charge in [-0.1, -0.05) is 53.5 Å². The molecule has 81 valence electrons. The Kier molecular flexibility index (Phi) is 3.87. The zero-order valence-electron chi connectivity index (χ0n) is 8.66. The summed E-state index contributed by atoms with van der Waals surface area (Å²) in [5.74, 6) is 0. The molecule has 0 nitrogen and oxygen atoms in total. The summed E-state index contributed by atoms with van der Waals surface area (Å²) in [6.07, 6.45) is 2.97. The highest BCUT2D eigenvalue weighted by molar-refractivity contribution is 6.31. The molecule has 2 heteroatoms. The molecule has 0 atom stereocenters. The summed E-state index contributed by atoms with van der Waals surface area (Å²) in [6, 6.07) is 15.7. The van der Waals surface area contributed by atoms with Crippen molar-refractivity contribution in [3.8, 4) is 0 Å². The topological polar surface area (TPSA) is 0 Å². The number of rotatable bonds is 3. The highest BCUT2D eigenvalue weighted by Crippen LogP contribution is 2.19. The summed E-state index contributed by atoms with van der Waals surface area (Å²) in [4.78, 5) is 0.